The number of aromatic hydroxyl groups is 1. The van der Waals surface area contributed by atoms with Gasteiger partial charge in [0.15, 0.2) is 0 Å². The molecular weight excluding hydrogens is 396 g/mol. The van der Waals surface area contributed by atoms with E-state index < -0.39 is 12.2 Å². The van der Waals surface area contributed by atoms with Crippen molar-refractivity contribution in [2.45, 2.75) is 71.0 Å². The normalized spacial score (nSPS) is 35.9. The first kappa shape index (κ1) is 22.9. The third kappa shape index (κ3) is 4.58. The van der Waals surface area contributed by atoms with Crippen LogP contribution in [0, 0.1) is 35.0 Å². The van der Waals surface area contributed by atoms with Crippen LogP contribution in [0.5, 0.6) is 5.75 Å². The molecule has 0 spiro atoms. The lowest BCUT2D eigenvalue weighted by molar-refractivity contribution is 0.0862. The predicted molar refractivity (Wildman–Crippen MR) is 129 cm³/mol. The van der Waals surface area contributed by atoms with Gasteiger partial charge in [0.05, 0.1) is 12.2 Å². The molecular formula is C29H36O3. The van der Waals surface area contributed by atoms with Crippen LogP contribution in [-0.2, 0) is 0 Å². The Bertz CT molecular complexity index is 991. The second-order valence-corrected chi connectivity index (χ2v) is 10.3. The summed E-state index contributed by atoms with van der Waals surface area (Å²) in [5.74, 6) is 8.44. The number of hydrogen-bond donors (Lipinski definition) is 3. The molecule has 0 unspecified atom stereocenters. The number of hydrogen-bond acceptors (Lipinski definition) is 3. The quantitative estimate of drug-likeness (QED) is 0.539. The fourth-order valence-corrected chi connectivity index (χ4v) is 6.45. The maximum Gasteiger partial charge on any atom is 0.116 e. The van der Waals surface area contributed by atoms with E-state index in [0.29, 0.717) is 30.6 Å². The number of aliphatic hydroxyl groups is 2. The fourth-order valence-electron chi connectivity index (χ4n) is 6.45. The summed E-state index contributed by atoms with van der Waals surface area (Å²) in [4.78, 5) is 0. The number of allylic oxidation sites excluding steroid dienone is 3. The van der Waals surface area contributed by atoms with Crippen molar-refractivity contribution in [2.24, 2.45) is 23.2 Å². The molecule has 0 amide bonds. The summed E-state index contributed by atoms with van der Waals surface area (Å²) in [5.41, 5.74) is 4.36. The van der Waals surface area contributed by atoms with Crippen molar-refractivity contribution in [1.82, 2.24) is 0 Å². The van der Waals surface area contributed by atoms with Gasteiger partial charge in [0.2, 0.25) is 0 Å². The van der Waals surface area contributed by atoms with E-state index in [1.807, 2.05) is 12.1 Å². The van der Waals surface area contributed by atoms with Gasteiger partial charge in [-0.2, -0.15) is 0 Å². The SMILES string of the molecule is C=C1C(=CC=C2CCC[C@]3(C)[C@@H]([C@@H](C)C#Cc4cccc(O)c4)CC[C@@H]23)C[C@@H](O)C[C@@H]1O. The molecule has 3 nitrogen and oxygen atoms in total. The molecule has 3 heteroatoms. The molecule has 3 aliphatic rings. The Labute approximate surface area is 192 Å². The number of rotatable bonds is 2. The van der Waals surface area contributed by atoms with E-state index in [1.54, 1.807) is 12.1 Å². The van der Waals surface area contributed by atoms with Crippen molar-refractivity contribution in [3.63, 3.8) is 0 Å². The Morgan fingerprint density at radius 3 is 2.81 bits per heavy atom. The molecule has 0 aromatic heterocycles. The van der Waals surface area contributed by atoms with E-state index in [0.717, 1.165) is 23.1 Å². The zero-order valence-corrected chi connectivity index (χ0v) is 19.3. The lowest BCUT2D eigenvalue weighted by Gasteiger charge is -2.43. The Morgan fingerprint density at radius 2 is 2.03 bits per heavy atom. The lowest BCUT2D eigenvalue weighted by atomic mass is 9.61. The van der Waals surface area contributed by atoms with E-state index in [2.05, 4.69) is 44.4 Å². The van der Waals surface area contributed by atoms with Crippen LogP contribution >= 0.6 is 0 Å². The van der Waals surface area contributed by atoms with E-state index in [9.17, 15) is 15.3 Å². The second-order valence-electron chi connectivity index (χ2n) is 10.3. The third-order valence-electron chi connectivity index (χ3n) is 8.20. The Morgan fingerprint density at radius 1 is 1.22 bits per heavy atom. The summed E-state index contributed by atoms with van der Waals surface area (Å²) in [6.45, 7) is 8.76. The van der Waals surface area contributed by atoms with E-state index in [4.69, 9.17) is 0 Å². The van der Waals surface area contributed by atoms with Crippen LogP contribution in [-0.4, -0.2) is 27.5 Å². The summed E-state index contributed by atoms with van der Waals surface area (Å²) < 4.78 is 0. The standard InChI is InChI=1S/C29H36O3/c1-19(9-10-21-6-4-8-24(30)16-21)26-13-14-27-22(7-5-15-29(26,27)3)11-12-23-17-25(31)18-28(32)20(23)2/h4,6,8,11-12,16,19,25-28,30-32H,2,5,7,13-15,17-18H2,1,3H3/t19-,25+,26+,27-,28-,29+/m0/s1. The van der Waals surface area contributed by atoms with Crippen LogP contribution in [0.15, 0.2) is 59.7 Å². The first-order valence-corrected chi connectivity index (χ1v) is 12.0. The zero-order valence-electron chi connectivity index (χ0n) is 19.3. The molecule has 3 N–H and O–H groups in total. The minimum atomic E-state index is -0.637. The number of fused-ring (bicyclic) bond motifs is 1. The first-order chi connectivity index (χ1) is 15.3. The average molecular weight is 433 g/mol. The highest BCUT2D eigenvalue weighted by molar-refractivity contribution is 5.40. The number of aliphatic hydroxyl groups excluding tert-OH is 2. The van der Waals surface area contributed by atoms with Crippen molar-refractivity contribution in [3.8, 4) is 17.6 Å². The number of benzene rings is 1. The Hall–Kier alpha value is -2.28. The Kier molecular flexibility index (Phi) is 6.65. The monoisotopic (exact) mass is 432 g/mol. The summed E-state index contributed by atoms with van der Waals surface area (Å²) in [5, 5.41) is 29.9. The largest absolute Gasteiger partial charge is 0.508 e. The van der Waals surface area contributed by atoms with Gasteiger partial charge < -0.3 is 15.3 Å². The Balaban J connectivity index is 1.52. The molecule has 3 aliphatic carbocycles. The highest BCUT2D eigenvalue weighted by atomic mass is 16.3. The van der Waals surface area contributed by atoms with Crippen LogP contribution in [0.4, 0.5) is 0 Å². The van der Waals surface area contributed by atoms with Crippen molar-refractivity contribution < 1.29 is 15.3 Å². The molecule has 0 heterocycles. The molecule has 170 valence electrons. The van der Waals surface area contributed by atoms with Gasteiger partial charge in [-0.05, 0) is 85.1 Å². The van der Waals surface area contributed by atoms with Crippen LogP contribution in [0.2, 0.25) is 0 Å². The van der Waals surface area contributed by atoms with Crippen molar-refractivity contribution in [2.75, 3.05) is 0 Å². The molecule has 0 aliphatic heterocycles. The third-order valence-corrected chi connectivity index (χ3v) is 8.20. The molecule has 32 heavy (non-hydrogen) atoms. The molecule has 6 atom stereocenters. The molecule has 4 rings (SSSR count). The maximum atomic E-state index is 10.1. The van der Waals surface area contributed by atoms with Crippen molar-refractivity contribution >= 4 is 0 Å². The van der Waals surface area contributed by atoms with Gasteiger partial charge in [-0.1, -0.05) is 56.1 Å². The molecule has 0 saturated heterocycles. The minimum absolute atomic E-state index is 0.248. The molecule has 3 fully saturated rings. The van der Waals surface area contributed by atoms with Crippen LogP contribution in [0.3, 0.4) is 0 Å². The highest BCUT2D eigenvalue weighted by Crippen LogP contribution is 2.59. The lowest BCUT2D eigenvalue weighted by Crippen LogP contribution is -2.35. The highest BCUT2D eigenvalue weighted by Gasteiger charge is 2.50. The minimum Gasteiger partial charge on any atom is -0.508 e. The second kappa shape index (κ2) is 9.30. The molecule has 1 aromatic carbocycles. The molecule has 0 bridgehead atoms. The van der Waals surface area contributed by atoms with E-state index in [-0.39, 0.29) is 11.2 Å². The average Bonchev–Trinajstić information content (AvgIpc) is 3.11. The molecule has 0 radical (unpaired) electrons. The fraction of sp³-hybridized carbons (Fsp3) is 0.517. The predicted octanol–water partition coefficient (Wildman–Crippen LogP) is 5.52. The van der Waals surface area contributed by atoms with Gasteiger partial charge in [-0.25, -0.2) is 0 Å². The van der Waals surface area contributed by atoms with Gasteiger partial charge >= 0.3 is 0 Å². The summed E-state index contributed by atoms with van der Waals surface area (Å²) in [6.07, 6.45) is 10.1. The smallest absolute Gasteiger partial charge is 0.116 e. The van der Waals surface area contributed by atoms with E-state index >= 15 is 0 Å². The van der Waals surface area contributed by atoms with Crippen molar-refractivity contribution in [1.29, 1.82) is 0 Å². The van der Waals surface area contributed by atoms with Crippen LogP contribution in [0.1, 0.15) is 64.4 Å². The number of phenols is 1. The molecule has 3 saturated carbocycles. The summed E-state index contributed by atoms with van der Waals surface area (Å²) in [7, 11) is 0. The van der Waals surface area contributed by atoms with Crippen molar-refractivity contribution in [3.05, 3.63) is 65.3 Å². The van der Waals surface area contributed by atoms with Gasteiger partial charge in [0.1, 0.15) is 5.75 Å². The summed E-state index contributed by atoms with van der Waals surface area (Å²) in [6, 6.07) is 7.18. The zero-order chi connectivity index (χ0) is 22.9. The topological polar surface area (TPSA) is 60.7 Å². The van der Waals surface area contributed by atoms with Crippen LogP contribution < -0.4 is 0 Å². The van der Waals surface area contributed by atoms with Gasteiger partial charge in [-0.3, -0.25) is 0 Å². The first-order valence-electron chi connectivity index (χ1n) is 12.0. The van der Waals surface area contributed by atoms with Crippen LogP contribution in [0.25, 0.3) is 0 Å². The molecule has 1 aromatic rings. The van der Waals surface area contributed by atoms with Gasteiger partial charge in [0.25, 0.3) is 0 Å². The maximum absolute atomic E-state index is 10.1. The van der Waals surface area contributed by atoms with Gasteiger partial charge in [0, 0.05) is 17.9 Å². The number of phenolic OH excluding ortho intramolecular Hbond substituents is 1. The summed E-state index contributed by atoms with van der Waals surface area (Å²) >= 11 is 0. The van der Waals surface area contributed by atoms with E-state index in [1.165, 1.54) is 31.3 Å². The van der Waals surface area contributed by atoms with Gasteiger partial charge in [-0.15, -0.1) is 0 Å².